The predicted octanol–water partition coefficient (Wildman–Crippen LogP) is 3.10. The van der Waals surface area contributed by atoms with E-state index in [1.165, 1.54) is 11.2 Å². The highest BCUT2D eigenvalue weighted by Gasteiger charge is 2.33. The summed E-state index contributed by atoms with van der Waals surface area (Å²) in [6.45, 7) is 6.17. The number of hydrogen-bond acceptors (Lipinski definition) is 7. The van der Waals surface area contributed by atoms with Gasteiger partial charge in [-0.25, -0.2) is 14.6 Å². The third-order valence-corrected chi connectivity index (χ3v) is 3.58. The maximum atomic E-state index is 12.4. The van der Waals surface area contributed by atoms with Crippen LogP contribution < -0.4 is 0 Å². The van der Waals surface area contributed by atoms with Gasteiger partial charge in [0.15, 0.2) is 17.8 Å². The topological polar surface area (TPSA) is 95.0 Å². The molecule has 8 heteroatoms. The minimum absolute atomic E-state index is 0.0469. The first-order chi connectivity index (χ1) is 11.8. The van der Waals surface area contributed by atoms with E-state index in [-0.39, 0.29) is 18.0 Å². The molecule has 0 radical (unpaired) electrons. The zero-order valence-electron chi connectivity index (χ0n) is 14.4. The fourth-order valence-electron chi connectivity index (χ4n) is 2.50. The van der Waals surface area contributed by atoms with E-state index >= 15 is 0 Å². The Morgan fingerprint density at radius 2 is 2.12 bits per heavy atom. The van der Waals surface area contributed by atoms with Crippen LogP contribution in [0.3, 0.4) is 0 Å². The maximum absolute atomic E-state index is 12.4. The number of nitrogens with zero attached hydrogens (tertiary/aromatic N) is 2. The summed E-state index contributed by atoms with van der Waals surface area (Å²) in [5.74, 6) is -0.000521. The van der Waals surface area contributed by atoms with Crippen LogP contribution in [0.25, 0.3) is 11.5 Å². The number of oxazole rings is 1. The van der Waals surface area contributed by atoms with E-state index in [4.69, 9.17) is 18.3 Å². The molecule has 2 aromatic rings. The molecule has 0 aliphatic carbocycles. The first-order valence-electron chi connectivity index (χ1n) is 8.00. The molecule has 0 bridgehead atoms. The van der Waals surface area contributed by atoms with Crippen molar-refractivity contribution in [1.29, 1.82) is 0 Å². The lowest BCUT2D eigenvalue weighted by Crippen LogP contribution is -2.36. The monoisotopic (exact) mass is 348 g/mol. The van der Waals surface area contributed by atoms with Crippen molar-refractivity contribution in [2.45, 2.75) is 38.9 Å². The maximum Gasteiger partial charge on any atom is 0.410 e. The summed E-state index contributed by atoms with van der Waals surface area (Å²) < 4.78 is 21.2. The van der Waals surface area contributed by atoms with Crippen molar-refractivity contribution in [3.05, 3.63) is 30.5 Å². The van der Waals surface area contributed by atoms with Gasteiger partial charge < -0.3 is 23.2 Å². The number of ether oxygens (including phenoxy) is 2. The number of esters is 1. The lowest BCUT2D eigenvalue weighted by atomic mass is 10.2. The van der Waals surface area contributed by atoms with Gasteiger partial charge in [0.05, 0.1) is 12.8 Å². The Labute approximate surface area is 144 Å². The van der Waals surface area contributed by atoms with Crippen LogP contribution in [0, 0.1) is 0 Å². The molecule has 3 rings (SSSR count). The molecule has 134 valence electrons. The SMILES string of the molecule is CC(C)(C)OC(=O)N1CC[C@H](OC(=O)c2ncoc2-c2ccco2)C1. The van der Waals surface area contributed by atoms with Crippen molar-refractivity contribution in [3.63, 3.8) is 0 Å². The highest BCUT2D eigenvalue weighted by atomic mass is 16.6. The second-order valence-corrected chi connectivity index (χ2v) is 6.75. The molecule has 8 nitrogen and oxygen atoms in total. The van der Waals surface area contributed by atoms with E-state index in [1.807, 2.05) is 0 Å². The quantitative estimate of drug-likeness (QED) is 0.786. The summed E-state index contributed by atoms with van der Waals surface area (Å²) in [4.78, 5) is 29.9. The highest BCUT2D eigenvalue weighted by molar-refractivity contribution is 5.93. The number of likely N-dealkylation sites (tertiary alicyclic amines) is 1. The molecule has 1 fully saturated rings. The lowest BCUT2D eigenvalue weighted by Gasteiger charge is -2.24. The molecule has 25 heavy (non-hydrogen) atoms. The van der Waals surface area contributed by atoms with Gasteiger partial charge >= 0.3 is 12.1 Å². The molecular formula is C17H20N2O6. The van der Waals surface area contributed by atoms with Crippen LogP contribution in [-0.4, -0.2) is 46.7 Å². The molecule has 1 saturated heterocycles. The van der Waals surface area contributed by atoms with Crippen molar-refractivity contribution in [1.82, 2.24) is 9.88 Å². The first-order valence-corrected chi connectivity index (χ1v) is 8.00. The van der Waals surface area contributed by atoms with E-state index in [9.17, 15) is 9.59 Å². The molecule has 0 saturated carbocycles. The van der Waals surface area contributed by atoms with Gasteiger partial charge in [-0.2, -0.15) is 0 Å². The summed E-state index contributed by atoms with van der Waals surface area (Å²) in [6.07, 6.45) is 2.35. The summed E-state index contributed by atoms with van der Waals surface area (Å²) >= 11 is 0. The summed E-state index contributed by atoms with van der Waals surface area (Å²) in [6, 6.07) is 3.35. The largest absolute Gasteiger partial charge is 0.461 e. The lowest BCUT2D eigenvalue weighted by molar-refractivity contribution is 0.0189. The molecule has 0 unspecified atom stereocenters. The summed E-state index contributed by atoms with van der Waals surface area (Å²) in [7, 11) is 0. The number of hydrogen-bond donors (Lipinski definition) is 0. The Balaban J connectivity index is 1.60. The van der Waals surface area contributed by atoms with Crippen molar-refractivity contribution >= 4 is 12.1 Å². The number of aromatic nitrogens is 1. The zero-order chi connectivity index (χ0) is 18.0. The second kappa shape index (κ2) is 6.62. The predicted molar refractivity (Wildman–Crippen MR) is 85.8 cm³/mol. The first kappa shape index (κ1) is 17.1. The van der Waals surface area contributed by atoms with Gasteiger partial charge in [-0.15, -0.1) is 0 Å². The molecule has 1 aliphatic heterocycles. The van der Waals surface area contributed by atoms with Gasteiger partial charge in [0.2, 0.25) is 5.76 Å². The molecule has 1 aliphatic rings. The molecule has 0 spiro atoms. The Hall–Kier alpha value is -2.77. The average molecular weight is 348 g/mol. The molecule has 1 amide bonds. The van der Waals surface area contributed by atoms with Crippen LogP contribution in [0.4, 0.5) is 4.79 Å². The number of carbonyl (C=O) groups is 2. The Morgan fingerprint density at radius 3 is 2.80 bits per heavy atom. The second-order valence-electron chi connectivity index (χ2n) is 6.75. The molecular weight excluding hydrogens is 328 g/mol. The Kier molecular flexibility index (Phi) is 4.52. The minimum Gasteiger partial charge on any atom is -0.461 e. The Bertz CT molecular complexity index is 744. The molecule has 2 aromatic heterocycles. The van der Waals surface area contributed by atoms with E-state index in [0.717, 1.165) is 6.39 Å². The zero-order valence-corrected chi connectivity index (χ0v) is 14.4. The van der Waals surface area contributed by atoms with Crippen molar-refractivity contribution in [3.8, 4) is 11.5 Å². The number of furan rings is 1. The Morgan fingerprint density at radius 1 is 1.32 bits per heavy atom. The summed E-state index contributed by atoms with van der Waals surface area (Å²) in [5.41, 5.74) is -0.518. The third kappa shape index (κ3) is 4.01. The van der Waals surface area contributed by atoms with Crippen LogP contribution in [0.15, 0.2) is 33.6 Å². The molecule has 0 N–H and O–H groups in total. The van der Waals surface area contributed by atoms with Crippen molar-refractivity contribution in [2.75, 3.05) is 13.1 Å². The van der Waals surface area contributed by atoms with Gasteiger partial charge in [-0.3, -0.25) is 0 Å². The molecule has 3 heterocycles. The fraction of sp³-hybridized carbons (Fsp3) is 0.471. The number of amides is 1. The van der Waals surface area contributed by atoms with Crippen LogP contribution >= 0.6 is 0 Å². The van der Waals surface area contributed by atoms with Gasteiger partial charge in [0.1, 0.15) is 11.7 Å². The third-order valence-electron chi connectivity index (χ3n) is 3.58. The normalized spacial score (nSPS) is 17.6. The highest BCUT2D eigenvalue weighted by Crippen LogP contribution is 2.25. The van der Waals surface area contributed by atoms with Gasteiger partial charge in [-0.1, -0.05) is 0 Å². The van der Waals surface area contributed by atoms with Gasteiger partial charge in [0.25, 0.3) is 0 Å². The number of carbonyl (C=O) groups excluding carboxylic acids is 2. The smallest absolute Gasteiger partial charge is 0.410 e. The standard InChI is InChI=1S/C17H20N2O6/c1-17(2,3)25-16(21)19-7-6-11(9-19)24-15(20)13-14(23-10-18-13)12-5-4-8-22-12/h4-5,8,10-11H,6-7,9H2,1-3H3/t11-/m0/s1. The average Bonchev–Trinajstić information content (AvgIpc) is 3.26. The van der Waals surface area contributed by atoms with Crippen LogP contribution in [-0.2, 0) is 9.47 Å². The van der Waals surface area contributed by atoms with Gasteiger partial charge in [-0.05, 0) is 32.9 Å². The van der Waals surface area contributed by atoms with Crippen LogP contribution in [0.5, 0.6) is 0 Å². The van der Waals surface area contributed by atoms with Crippen molar-refractivity contribution in [2.24, 2.45) is 0 Å². The fourth-order valence-corrected chi connectivity index (χ4v) is 2.50. The van der Waals surface area contributed by atoms with Crippen LogP contribution in [0.2, 0.25) is 0 Å². The number of rotatable bonds is 3. The molecule has 0 aromatic carbocycles. The van der Waals surface area contributed by atoms with Gasteiger partial charge in [0, 0.05) is 13.0 Å². The minimum atomic E-state index is -0.615. The van der Waals surface area contributed by atoms with E-state index in [2.05, 4.69) is 4.98 Å². The van der Waals surface area contributed by atoms with Crippen LogP contribution in [0.1, 0.15) is 37.7 Å². The van der Waals surface area contributed by atoms with E-state index in [1.54, 1.807) is 32.9 Å². The molecule has 1 atom stereocenters. The van der Waals surface area contributed by atoms with E-state index in [0.29, 0.717) is 18.7 Å². The van der Waals surface area contributed by atoms with E-state index < -0.39 is 23.8 Å². The summed E-state index contributed by atoms with van der Waals surface area (Å²) in [5, 5.41) is 0. The van der Waals surface area contributed by atoms with Crippen molar-refractivity contribution < 1.29 is 27.9 Å².